The molecule has 1 aliphatic rings. The number of benzene rings is 1. The molecule has 1 unspecified atom stereocenters. The van der Waals surface area contributed by atoms with Gasteiger partial charge in [0.15, 0.2) is 6.10 Å². The van der Waals surface area contributed by atoms with Gasteiger partial charge in [-0.05, 0) is 44.9 Å². The molecule has 0 saturated carbocycles. The fraction of sp³-hybridized carbons (Fsp3) is 0.364. The number of anilines is 1. The molecule has 1 amide bonds. The number of fused-ring (bicyclic) bond motifs is 2. The van der Waals surface area contributed by atoms with E-state index in [0.717, 1.165) is 35.7 Å². The Kier molecular flexibility index (Phi) is 5.42. The minimum atomic E-state index is -0.957. The number of hydrogen-bond donors (Lipinski definition) is 0. The summed E-state index contributed by atoms with van der Waals surface area (Å²) in [5, 5.41) is 0.469. The normalized spacial score (nSPS) is 13.8. The van der Waals surface area contributed by atoms with E-state index in [1.165, 1.54) is 0 Å². The maximum atomic E-state index is 12.9. The third-order valence-corrected chi connectivity index (χ3v) is 6.54. The fourth-order valence-corrected chi connectivity index (χ4v) is 4.90. The van der Waals surface area contributed by atoms with Gasteiger partial charge in [0.2, 0.25) is 0 Å². The van der Waals surface area contributed by atoms with Gasteiger partial charge in [-0.15, -0.1) is 11.3 Å². The zero-order valence-corrected chi connectivity index (χ0v) is 18.0. The number of amides is 1. The van der Waals surface area contributed by atoms with Crippen LogP contribution in [-0.2, 0) is 22.5 Å². The largest absolute Gasteiger partial charge is 0.448 e. The summed E-state index contributed by atoms with van der Waals surface area (Å²) in [7, 11) is 0. The van der Waals surface area contributed by atoms with Crippen LogP contribution in [0.4, 0.5) is 5.69 Å². The number of carbonyl (C=O) groups excluding carboxylic acids is 2. The lowest BCUT2D eigenvalue weighted by molar-refractivity contribution is -0.126. The Balaban J connectivity index is 1.58. The number of ether oxygens (including phenoxy) is 1. The number of carbonyl (C=O) groups is 2. The van der Waals surface area contributed by atoms with Crippen molar-refractivity contribution in [2.45, 2.75) is 46.3 Å². The van der Waals surface area contributed by atoms with Crippen LogP contribution in [0, 0.1) is 6.92 Å². The summed E-state index contributed by atoms with van der Waals surface area (Å²) < 4.78 is 7.18. The molecule has 2 aromatic heterocycles. The number of likely N-dealkylation sites (N-methyl/N-ethyl adjacent to an activating group) is 1. The lowest BCUT2D eigenvalue weighted by Gasteiger charge is -2.24. The minimum Gasteiger partial charge on any atom is -0.448 e. The van der Waals surface area contributed by atoms with Crippen molar-refractivity contribution in [1.29, 1.82) is 0 Å². The van der Waals surface area contributed by atoms with Gasteiger partial charge < -0.3 is 9.64 Å². The van der Waals surface area contributed by atoms with E-state index in [1.807, 2.05) is 37.3 Å². The molecule has 0 fully saturated rings. The topological polar surface area (TPSA) is 81.5 Å². The summed E-state index contributed by atoms with van der Waals surface area (Å²) in [6, 6.07) is 9.26. The predicted octanol–water partition coefficient (Wildman–Crippen LogP) is 3.31. The zero-order valence-electron chi connectivity index (χ0n) is 17.2. The van der Waals surface area contributed by atoms with Crippen molar-refractivity contribution in [3.8, 4) is 0 Å². The van der Waals surface area contributed by atoms with Gasteiger partial charge in [-0.2, -0.15) is 0 Å². The quantitative estimate of drug-likeness (QED) is 0.586. The number of aromatic nitrogens is 2. The number of nitrogens with zero attached hydrogens (tertiary/aromatic N) is 3. The van der Waals surface area contributed by atoms with Gasteiger partial charge in [0, 0.05) is 25.2 Å². The molecule has 3 aromatic rings. The monoisotopic (exact) mass is 425 g/mol. The maximum absolute atomic E-state index is 12.9. The van der Waals surface area contributed by atoms with E-state index < -0.39 is 12.1 Å². The van der Waals surface area contributed by atoms with E-state index >= 15 is 0 Å². The van der Waals surface area contributed by atoms with Gasteiger partial charge >= 0.3 is 5.97 Å². The van der Waals surface area contributed by atoms with Crippen LogP contribution in [0.1, 0.15) is 41.3 Å². The van der Waals surface area contributed by atoms with Gasteiger partial charge in [0.25, 0.3) is 11.5 Å². The minimum absolute atomic E-state index is 0.106. The maximum Gasteiger partial charge on any atom is 0.349 e. The third kappa shape index (κ3) is 3.41. The number of aryl methyl sites for hydroxylation is 2. The van der Waals surface area contributed by atoms with Gasteiger partial charge in [-0.1, -0.05) is 18.2 Å². The molecule has 0 radical (unpaired) electrons. The van der Waals surface area contributed by atoms with Crippen LogP contribution in [0.2, 0.25) is 0 Å². The molecule has 30 heavy (non-hydrogen) atoms. The van der Waals surface area contributed by atoms with Gasteiger partial charge in [-0.25, -0.2) is 9.78 Å². The Labute approximate surface area is 177 Å². The van der Waals surface area contributed by atoms with Crippen LogP contribution in [-0.4, -0.2) is 34.1 Å². The lowest BCUT2D eigenvalue weighted by atomic mass is 10.2. The molecule has 0 saturated heterocycles. The van der Waals surface area contributed by atoms with Crippen LogP contribution in [0.25, 0.3) is 10.2 Å². The number of para-hydroxylation sites is 1. The smallest absolute Gasteiger partial charge is 0.349 e. The second-order valence-corrected chi connectivity index (χ2v) is 8.29. The van der Waals surface area contributed by atoms with E-state index in [2.05, 4.69) is 4.98 Å². The van der Waals surface area contributed by atoms with E-state index in [9.17, 15) is 14.4 Å². The van der Waals surface area contributed by atoms with Gasteiger partial charge in [-0.3, -0.25) is 14.2 Å². The summed E-state index contributed by atoms with van der Waals surface area (Å²) in [6.07, 6.45) is 0.712. The predicted molar refractivity (Wildman–Crippen MR) is 116 cm³/mol. The van der Waals surface area contributed by atoms with E-state index in [4.69, 9.17) is 4.74 Å². The summed E-state index contributed by atoms with van der Waals surface area (Å²) >= 11 is 1.15. The van der Waals surface area contributed by atoms with Crippen molar-refractivity contribution in [1.82, 2.24) is 9.55 Å². The number of esters is 1. The van der Waals surface area contributed by atoms with Crippen molar-refractivity contribution < 1.29 is 14.3 Å². The van der Waals surface area contributed by atoms with E-state index in [-0.39, 0.29) is 11.5 Å². The van der Waals surface area contributed by atoms with Crippen LogP contribution < -0.4 is 10.5 Å². The molecule has 1 aromatic carbocycles. The highest BCUT2D eigenvalue weighted by Crippen LogP contribution is 2.29. The highest BCUT2D eigenvalue weighted by Gasteiger charge is 2.28. The Bertz CT molecular complexity index is 1180. The summed E-state index contributed by atoms with van der Waals surface area (Å²) in [4.78, 5) is 45.6. The number of hydrogen-bond acceptors (Lipinski definition) is 6. The van der Waals surface area contributed by atoms with Crippen molar-refractivity contribution >= 4 is 39.1 Å². The van der Waals surface area contributed by atoms with Crippen molar-refractivity contribution in [3.63, 3.8) is 0 Å². The van der Waals surface area contributed by atoms with E-state index in [0.29, 0.717) is 33.7 Å². The number of thiophene rings is 1. The first-order valence-corrected chi connectivity index (χ1v) is 10.8. The molecule has 0 spiro atoms. The average molecular weight is 426 g/mol. The molecule has 8 heteroatoms. The molecule has 0 aliphatic carbocycles. The van der Waals surface area contributed by atoms with Crippen molar-refractivity contribution in [3.05, 3.63) is 57.0 Å². The molecule has 156 valence electrons. The average Bonchev–Trinajstić information content (AvgIpc) is 3.34. The second kappa shape index (κ2) is 8.02. The Hall–Kier alpha value is -3.00. The Morgan fingerprint density at radius 1 is 1.30 bits per heavy atom. The first-order valence-electron chi connectivity index (χ1n) is 10.0. The van der Waals surface area contributed by atoms with Crippen molar-refractivity contribution in [2.24, 2.45) is 0 Å². The highest BCUT2D eigenvalue weighted by molar-refractivity contribution is 7.20. The van der Waals surface area contributed by atoms with Crippen LogP contribution in [0.3, 0.4) is 0 Å². The van der Waals surface area contributed by atoms with Crippen LogP contribution in [0.5, 0.6) is 0 Å². The zero-order chi connectivity index (χ0) is 21.4. The fourth-order valence-electron chi connectivity index (χ4n) is 3.83. The molecule has 1 atom stereocenters. The first-order chi connectivity index (χ1) is 14.4. The molecule has 4 rings (SSSR count). The van der Waals surface area contributed by atoms with Crippen LogP contribution in [0.15, 0.2) is 35.1 Å². The van der Waals surface area contributed by atoms with Crippen LogP contribution >= 0.6 is 11.3 Å². The summed E-state index contributed by atoms with van der Waals surface area (Å²) in [5.41, 5.74) is 1.21. The highest BCUT2D eigenvalue weighted by atomic mass is 32.1. The number of rotatable bonds is 5. The molecule has 3 heterocycles. The Morgan fingerprint density at radius 2 is 2.03 bits per heavy atom. The third-order valence-electron chi connectivity index (χ3n) is 5.38. The molecule has 0 N–H and O–H groups in total. The van der Waals surface area contributed by atoms with Gasteiger partial charge in [0.05, 0.1) is 5.39 Å². The molecular formula is C22H23N3O4S. The molecular weight excluding hydrogens is 402 g/mol. The Morgan fingerprint density at radius 3 is 2.73 bits per heavy atom. The molecule has 1 aliphatic heterocycles. The molecule has 7 nitrogen and oxygen atoms in total. The summed E-state index contributed by atoms with van der Waals surface area (Å²) in [6.45, 7) is 6.28. The molecule has 0 bridgehead atoms. The SMILES string of the molecule is CCN(C(=O)C(C)OC(=O)c1sc2nc3n(c(=O)c2c1C)CCC3)c1ccccc1. The van der Waals surface area contributed by atoms with Gasteiger partial charge in [0.1, 0.15) is 15.5 Å². The van der Waals surface area contributed by atoms with Crippen molar-refractivity contribution in [2.75, 3.05) is 11.4 Å². The van der Waals surface area contributed by atoms with E-state index in [1.54, 1.807) is 23.3 Å². The standard InChI is InChI=1S/C22H23N3O4S/c1-4-24(15-9-6-5-7-10-15)20(26)14(3)29-22(28)18-13(2)17-19(30-18)23-16-11-8-12-25(16)21(17)27/h5-7,9-10,14H,4,8,11-12H2,1-3H3. The first kappa shape index (κ1) is 20.3. The lowest BCUT2D eigenvalue weighted by Crippen LogP contribution is -2.40. The summed E-state index contributed by atoms with van der Waals surface area (Å²) in [5.74, 6) is -0.142. The second-order valence-electron chi connectivity index (χ2n) is 7.29.